The molecule has 7 heteroatoms. The highest BCUT2D eigenvalue weighted by molar-refractivity contribution is 7.98. The van der Waals surface area contributed by atoms with E-state index in [1.54, 1.807) is 18.9 Å². The highest BCUT2D eigenvalue weighted by Crippen LogP contribution is 2.30. The minimum atomic E-state index is 0.281. The molecule has 0 aliphatic heterocycles. The second-order valence-corrected chi connectivity index (χ2v) is 5.67. The first-order valence-corrected chi connectivity index (χ1v) is 7.85. The zero-order valence-corrected chi connectivity index (χ0v) is 13.7. The molecule has 2 rings (SSSR count). The van der Waals surface area contributed by atoms with Crippen molar-refractivity contribution in [3.63, 3.8) is 0 Å². The summed E-state index contributed by atoms with van der Waals surface area (Å²) < 4.78 is 5.40. The maximum Gasteiger partial charge on any atom is 0.153 e. The first-order chi connectivity index (χ1) is 10.1. The average Bonchev–Trinajstić information content (AvgIpc) is 2.49. The molecule has 0 spiro atoms. The van der Waals surface area contributed by atoms with Crippen LogP contribution in [-0.4, -0.2) is 30.4 Å². The summed E-state index contributed by atoms with van der Waals surface area (Å²) >= 11 is 7.79. The molecular weight excluding hydrogens is 308 g/mol. The van der Waals surface area contributed by atoms with E-state index in [2.05, 4.69) is 16.0 Å². The Kier molecular flexibility index (Phi) is 5.14. The van der Waals surface area contributed by atoms with Gasteiger partial charge in [-0.25, -0.2) is 9.97 Å². The van der Waals surface area contributed by atoms with Crippen molar-refractivity contribution < 1.29 is 4.74 Å². The van der Waals surface area contributed by atoms with Crippen LogP contribution in [0.15, 0.2) is 29.4 Å². The maximum atomic E-state index is 6.14. The minimum absolute atomic E-state index is 0.281. The van der Waals surface area contributed by atoms with E-state index in [-0.39, 0.29) is 5.82 Å². The van der Waals surface area contributed by atoms with E-state index in [0.717, 1.165) is 16.2 Å². The van der Waals surface area contributed by atoms with Gasteiger partial charge in [0, 0.05) is 18.5 Å². The summed E-state index contributed by atoms with van der Waals surface area (Å²) in [4.78, 5) is 11.1. The third-order valence-corrected chi connectivity index (χ3v) is 4.17. The molecular formula is C14H17ClN4OS. The summed E-state index contributed by atoms with van der Waals surface area (Å²) in [6, 6.07) is 6.12. The van der Waals surface area contributed by atoms with E-state index in [1.165, 1.54) is 6.33 Å². The number of aromatic nitrogens is 2. The number of nitrogens with zero attached hydrogens (tertiary/aromatic N) is 3. The lowest BCUT2D eigenvalue weighted by Gasteiger charge is -2.20. The lowest BCUT2D eigenvalue weighted by molar-refractivity contribution is 0.404. The van der Waals surface area contributed by atoms with Gasteiger partial charge in [-0.1, -0.05) is 17.7 Å². The van der Waals surface area contributed by atoms with Crippen molar-refractivity contribution in [1.29, 1.82) is 0 Å². The molecule has 0 atom stereocenters. The van der Waals surface area contributed by atoms with Gasteiger partial charge in [0.15, 0.2) is 5.82 Å². The monoisotopic (exact) mass is 324 g/mol. The SMILES string of the molecule is COc1cc(CN(C)c2ncnc(N)c2Cl)ccc1SC. The molecule has 21 heavy (non-hydrogen) atoms. The number of nitrogen functional groups attached to an aromatic ring is 1. The number of benzene rings is 1. The lowest BCUT2D eigenvalue weighted by atomic mass is 10.2. The number of methoxy groups -OCH3 is 1. The van der Waals surface area contributed by atoms with Crippen LogP contribution in [0.2, 0.25) is 5.02 Å². The summed E-state index contributed by atoms with van der Waals surface area (Å²) in [7, 11) is 3.58. The number of halogens is 1. The quantitative estimate of drug-likeness (QED) is 0.853. The van der Waals surface area contributed by atoms with Crippen LogP contribution >= 0.6 is 23.4 Å². The molecule has 1 heterocycles. The van der Waals surface area contributed by atoms with Crippen LogP contribution < -0.4 is 15.4 Å². The van der Waals surface area contributed by atoms with E-state index >= 15 is 0 Å². The van der Waals surface area contributed by atoms with E-state index in [1.807, 2.05) is 30.3 Å². The fourth-order valence-electron chi connectivity index (χ4n) is 1.97. The van der Waals surface area contributed by atoms with Crippen molar-refractivity contribution in [2.75, 3.05) is 31.0 Å². The van der Waals surface area contributed by atoms with Crippen LogP contribution in [0.3, 0.4) is 0 Å². The molecule has 1 aromatic carbocycles. The summed E-state index contributed by atoms with van der Waals surface area (Å²) in [5.41, 5.74) is 6.80. The number of rotatable bonds is 5. The van der Waals surface area contributed by atoms with Crippen LogP contribution in [0, 0.1) is 0 Å². The number of thioether (sulfide) groups is 1. The number of hydrogen-bond donors (Lipinski definition) is 1. The van der Waals surface area contributed by atoms with Crippen molar-refractivity contribution >= 4 is 35.0 Å². The Hall–Kier alpha value is -1.66. The predicted molar refractivity (Wildman–Crippen MR) is 88.3 cm³/mol. The highest BCUT2D eigenvalue weighted by Gasteiger charge is 2.12. The molecule has 0 aliphatic rings. The van der Waals surface area contributed by atoms with E-state index in [0.29, 0.717) is 17.4 Å². The highest BCUT2D eigenvalue weighted by atomic mass is 35.5. The first-order valence-electron chi connectivity index (χ1n) is 6.24. The molecule has 0 saturated heterocycles. The molecule has 2 aromatic rings. The molecule has 5 nitrogen and oxygen atoms in total. The summed E-state index contributed by atoms with van der Waals surface area (Å²) in [5.74, 6) is 1.75. The van der Waals surface area contributed by atoms with Crippen LogP contribution in [-0.2, 0) is 6.54 Å². The van der Waals surface area contributed by atoms with Gasteiger partial charge in [-0.2, -0.15) is 0 Å². The molecule has 0 aliphatic carbocycles. The van der Waals surface area contributed by atoms with Gasteiger partial charge >= 0.3 is 0 Å². The van der Waals surface area contributed by atoms with E-state index in [9.17, 15) is 0 Å². The lowest BCUT2D eigenvalue weighted by Crippen LogP contribution is -2.19. The van der Waals surface area contributed by atoms with Gasteiger partial charge in [0.1, 0.15) is 22.9 Å². The molecule has 0 radical (unpaired) electrons. The Morgan fingerprint density at radius 3 is 2.81 bits per heavy atom. The molecule has 0 bridgehead atoms. The molecule has 0 fully saturated rings. The Morgan fingerprint density at radius 1 is 1.38 bits per heavy atom. The van der Waals surface area contributed by atoms with Crippen LogP contribution in [0.25, 0.3) is 0 Å². The van der Waals surface area contributed by atoms with Gasteiger partial charge in [0.25, 0.3) is 0 Å². The van der Waals surface area contributed by atoms with Crippen molar-refractivity contribution in [3.05, 3.63) is 35.1 Å². The summed E-state index contributed by atoms with van der Waals surface area (Å²) in [5, 5.41) is 0.368. The summed E-state index contributed by atoms with van der Waals surface area (Å²) in [6.45, 7) is 0.640. The molecule has 112 valence electrons. The molecule has 2 N–H and O–H groups in total. The minimum Gasteiger partial charge on any atom is -0.496 e. The Morgan fingerprint density at radius 2 is 2.14 bits per heavy atom. The average molecular weight is 325 g/mol. The Balaban J connectivity index is 2.23. The van der Waals surface area contributed by atoms with Crippen molar-refractivity contribution in [3.8, 4) is 5.75 Å². The van der Waals surface area contributed by atoms with Crippen LogP contribution in [0.4, 0.5) is 11.6 Å². The van der Waals surface area contributed by atoms with Gasteiger partial charge < -0.3 is 15.4 Å². The topological polar surface area (TPSA) is 64.3 Å². The van der Waals surface area contributed by atoms with Crippen molar-refractivity contribution in [2.45, 2.75) is 11.4 Å². The van der Waals surface area contributed by atoms with Gasteiger partial charge in [-0.15, -0.1) is 11.8 Å². The number of hydrogen-bond acceptors (Lipinski definition) is 6. The fourth-order valence-corrected chi connectivity index (χ4v) is 2.76. The van der Waals surface area contributed by atoms with Crippen molar-refractivity contribution in [1.82, 2.24) is 9.97 Å². The zero-order valence-electron chi connectivity index (χ0n) is 12.1. The van der Waals surface area contributed by atoms with Crippen LogP contribution in [0.1, 0.15) is 5.56 Å². The van der Waals surface area contributed by atoms with Gasteiger partial charge in [-0.05, 0) is 24.0 Å². The largest absolute Gasteiger partial charge is 0.496 e. The Labute approximate surface area is 133 Å². The Bertz CT molecular complexity index is 638. The molecule has 0 unspecified atom stereocenters. The van der Waals surface area contributed by atoms with E-state index < -0.39 is 0 Å². The third kappa shape index (κ3) is 3.51. The molecule has 1 aromatic heterocycles. The van der Waals surface area contributed by atoms with Crippen molar-refractivity contribution in [2.24, 2.45) is 0 Å². The van der Waals surface area contributed by atoms with Crippen LogP contribution in [0.5, 0.6) is 5.75 Å². The molecule has 0 saturated carbocycles. The summed E-state index contributed by atoms with van der Waals surface area (Å²) in [6.07, 6.45) is 3.43. The predicted octanol–water partition coefficient (Wildman–Crippen LogP) is 3.08. The first kappa shape index (κ1) is 15.7. The zero-order chi connectivity index (χ0) is 15.4. The number of anilines is 2. The fraction of sp³-hybridized carbons (Fsp3) is 0.286. The standard InChI is InChI=1S/C14H17ClN4OS/c1-19(14-12(15)13(16)17-8-18-14)7-9-4-5-11(21-3)10(6-9)20-2/h4-6,8H,7H2,1-3H3,(H2,16,17,18). The second kappa shape index (κ2) is 6.87. The normalized spacial score (nSPS) is 10.5. The van der Waals surface area contributed by atoms with Gasteiger partial charge in [0.2, 0.25) is 0 Å². The second-order valence-electron chi connectivity index (χ2n) is 4.44. The molecule has 0 amide bonds. The van der Waals surface area contributed by atoms with E-state index in [4.69, 9.17) is 22.1 Å². The van der Waals surface area contributed by atoms with Gasteiger partial charge in [-0.3, -0.25) is 0 Å². The van der Waals surface area contributed by atoms with Gasteiger partial charge in [0.05, 0.1) is 7.11 Å². The number of ether oxygens (including phenoxy) is 1. The number of nitrogens with two attached hydrogens (primary N) is 1. The smallest absolute Gasteiger partial charge is 0.153 e. The third-order valence-electron chi connectivity index (χ3n) is 3.03. The maximum absolute atomic E-state index is 6.14.